The number of rotatable bonds is 1. The van der Waals surface area contributed by atoms with E-state index in [1.54, 1.807) is 10.6 Å². The Kier molecular flexibility index (Phi) is 3.58. The van der Waals surface area contributed by atoms with Gasteiger partial charge in [-0.25, -0.2) is 4.79 Å². The second-order valence-electron chi connectivity index (χ2n) is 7.82. The van der Waals surface area contributed by atoms with Crippen LogP contribution in [0.1, 0.15) is 59.0 Å². The Morgan fingerprint density at radius 1 is 1.21 bits per heavy atom. The largest absolute Gasteiger partial charge is 0.458 e. The van der Waals surface area contributed by atoms with E-state index < -0.39 is 12.1 Å². The minimum absolute atomic E-state index is 0.0826. The van der Waals surface area contributed by atoms with E-state index in [1.807, 2.05) is 0 Å². The molecule has 3 aliphatic rings. The van der Waals surface area contributed by atoms with E-state index in [9.17, 15) is 14.7 Å². The highest BCUT2D eigenvalue weighted by molar-refractivity contribution is 5.84. The third kappa shape index (κ3) is 2.18. The minimum atomic E-state index is -1.40. The van der Waals surface area contributed by atoms with E-state index in [2.05, 4.69) is 38.2 Å². The molecule has 0 bridgehead atoms. The number of allylic oxidation sites excluding steroid dienone is 1. The van der Waals surface area contributed by atoms with Crippen molar-refractivity contribution in [2.24, 2.45) is 0 Å². The molecule has 144 valence electrons. The Labute approximate surface area is 162 Å². The second-order valence-corrected chi connectivity index (χ2v) is 7.82. The molecule has 28 heavy (non-hydrogen) atoms. The summed E-state index contributed by atoms with van der Waals surface area (Å²) >= 11 is 0. The van der Waals surface area contributed by atoms with E-state index in [0.29, 0.717) is 17.7 Å². The van der Waals surface area contributed by atoms with E-state index in [-0.39, 0.29) is 18.2 Å². The van der Waals surface area contributed by atoms with Gasteiger partial charge in [-0.1, -0.05) is 6.92 Å². The minimum Gasteiger partial charge on any atom is -0.458 e. The highest BCUT2D eigenvalue weighted by Crippen LogP contribution is 2.46. The lowest BCUT2D eigenvalue weighted by Crippen LogP contribution is -2.33. The summed E-state index contributed by atoms with van der Waals surface area (Å²) in [6.07, 6.45) is -0.530. The lowest BCUT2D eigenvalue weighted by Gasteiger charge is -2.29. The zero-order valence-corrected chi connectivity index (χ0v) is 16.1. The molecule has 6 heteroatoms. The number of hydrogen-bond acceptors (Lipinski definition) is 5. The first-order valence-corrected chi connectivity index (χ1v) is 9.62. The molecule has 1 aromatic heterocycles. The van der Waals surface area contributed by atoms with Crippen LogP contribution in [0.3, 0.4) is 0 Å². The standard InChI is InChI=1S/C22H22N2O4/c1-4-12-13-5-10(2)11(3)6-17(13)23-19-15(12)8-24-18(19)7-14-16(21(24)26)9-28-22(27)20(14)25/h5-7,19-20,23,25H,4,8-9H2,1-3H3. The summed E-state index contributed by atoms with van der Waals surface area (Å²) in [6.45, 7) is 6.77. The molecule has 2 N–H and O–H groups in total. The van der Waals surface area contributed by atoms with E-state index in [1.165, 1.54) is 27.8 Å². The number of benzene rings is 1. The topological polar surface area (TPSA) is 80.6 Å². The van der Waals surface area contributed by atoms with Gasteiger partial charge in [0.25, 0.3) is 5.56 Å². The fourth-order valence-electron chi connectivity index (χ4n) is 4.67. The van der Waals surface area contributed by atoms with Crippen LogP contribution in [0.2, 0.25) is 0 Å². The van der Waals surface area contributed by atoms with Crippen molar-refractivity contribution in [1.82, 2.24) is 4.57 Å². The first-order chi connectivity index (χ1) is 13.4. The highest BCUT2D eigenvalue weighted by Gasteiger charge is 2.38. The van der Waals surface area contributed by atoms with Gasteiger partial charge in [0.2, 0.25) is 0 Å². The lowest BCUT2D eigenvalue weighted by molar-refractivity contribution is -0.157. The summed E-state index contributed by atoms with van der Waals surface area (Å²) in [5, 5.41) is 13.8. The number of esters is 1. The molecule has 0 amide bonds. The maximum atomic E-state index is 13.1. The van der Waals surface area contributed by atoms with Crippen LogP contribution < -0.4 is 10.9 Å². The number of cyclic esters (lactones) is 1. The number of hydrogen-bond donors (Lipinski definition) is 2. The molecule has 0 saturated carbocycles. The molecular weight excluding hydrogens is 356 g/mol. The van der Waals surface area contributed by atoms with Crippen molar-refractivity contribution in [2.75, 3.05) is 5.32 Å². The number of fused-ring (bicyclic) bond motifs is 5. The summed E-state index contributed by atoms with van der Waals surface area (Å²) in [7, 11) is 0. The Bertz CT molecular complexity index is 1140. The number of nitrogens with one attached hydrogen (secondary N) is 1. The van der Waals surface area contributed by atoms with Gasteiger partial charge in [-0.15, -0.1) is 0 Å². The van der Waals surface area contributed by atoms with Gasteiger partial charge >= 0.3 is 5.97 Å². The van der Waals surface area contributed by atoms with Crippen molar-refractivity contribution in [3.63, 3.8) is 0 Å². The summed E-state index contributed by atoms with van der Waals surface area (Å²) < 4.78 is 6.71. The Morgan fingerprint density at radius 2 is 1.96 bits per heavy atom. The van der Waals surface area contributed by atoms with E-state index in [0.717, 1.165) is 17.8 Å². The summed E-state index contributed by atoms with van der Waals surface area (Å²) in [5.41, 5.74) is 8.51. The molecule has 5 rings (SSSR count). The van der Waals surface area contributed by atoms with Crippen LogP contribution in [0.4, 0.5) is 5.69 Å². The summed E-state index contributed by atoms with van der Waals surface area (Å²) in [4.78, 5) is 24.9. The molecule has 0 spiro atoms. The van der Waals surface area contributed by atoms with Crippen LogP contribution in [0.5, 0.6) is 0 Å². The van der Waals surface area contributed by atoms with Crippen LogP contribution >= 0.6 is 0 Å². The average Bonchev–Trinajstić information content (AvgIpc) is 3.03. The molecule has 0 fully saturated rings. The van der Waals surface area contributed by atoms with Gasteiger partial charge in [-0.05, 0) is 60.7 Å². The van der Waals surface area contributed by atoms with Gasteiger partial charge in [0.1, 0.15) is 6.61 Å². The third-order valence-electron chi connectivity index (χ3n) is 6.32. The van der Waals surface area contributed by atoms with Crippen molar-refractivity contribution < 1.29 is 14.6 Å². The molecule has 0 saturated heterocycles. The number of ether oxygens (including phenoxy) is 1. The van der Waals surface area contributed by atoms with Crippen LogP contribution in [0.15, 0.2) is 28.6 Å². The number of pyridine rings is 1. The molecule has 0 radical (unpaired) electrons. The fourth-order valence-corrected chi connectivity index (χ4v) is 4.67. The summed E-state index contributed by atoms with van der Waals surface area (Å²) in [5.74, 6) is -0.701. The van der Waals surface area contributed by atoms with Gasteiger partial charge < -0.3 is 19.7 Å². The highest BCUT2D eigenvalue weighted by atomic mass is 16.5. The first kappa shape index (κ1) is 17.3. The number of aryl methyl sites for hydroxylation is 2. The van der Waals surface area contributed by atoms with Crippen molar-refractivity contribution in [3.8, 4) is 0 Å². The van der Waals surface area contributed by atoms with E-state index >= 15 is 0 Å². The molecule has 6 nitrogen and oxygen atoms in total. The molecule has 3 aliphatic heterocycles. The summed E-state index contributed by atoms with van der Waals surface area (Å²) in [6, 6.07) is 6.04. The SMILES string of the molecule is CCC1=C2Cn3c(cc4c(c3=O)COC(=O)C4O)C2Nc2cc(C)c(C)cc21. The van der Waals surface area contributed by atoms with Gasteiger partial charge in [0.05, 0.1) is 11.6 Å². The maximum Gasteiger partial charge on any atom is 0.340 e. The van der Waals surface area contributed by atoms with Crippen molar-refractivity contribution in [2.45, 2.75) is 52.5 Å². The zero-order valence-electron chi connectivity index (χ0n) is 16.1. The van der Waals surface area contributed by atoms with Gasteiger partial charge in [-0.2, -0.15) is 0 Å². The number of carbonyl (C=O) groups is 1. The Hall–Kier alpha value is -2.86. The van der Waals surface area contributed by atoms with Gasteiger partial charge in [0, 0.05) is 29.1 Å². The molecule has 4 heterocycles. The third-order valence-corrected chi connectivity index (χ3v) is 6.32. The molecule has 0 aliphatic carbocycles. The maximum absolute atomic E-state index is 13.1. The first-order valence-electron chi connectivity index (χ1n) is 9.62. The number of nitrogens with zero attached hydrogens (tertiary/aromatic N) is 1. The van der Waals surface area contributed by atoms with Crippen LogP contribution in [0.25, 0.3) is 5.57 Å². The number of carbonyl (C=O) groups excluding carboxylic acids is 1. The lowest BCUT2D eigenvalue weighted by atomic mass is 9.86. The van der Waals surface area contributed by atoms with Crippen molar-refractivity contribution in [3.05, 3.63) is 67.6 Å². The average molecular weight is 378 g/mol. The van der Waals surface area contributed by atoms with Gasteiger partial charge in [-0.3, -0.25) is 4.79 Å². The smallest absolute Gasteiger partial charge is 0.340 e. The Morgan fingerprint density at radius 3 is 2.71 bits per heavy atom. The molecule has 2 atom stereocenters. The molecular formula is C22H22N2O4. The van der Waals surface area contributed by atoms with Crippen LogP contribution in [0, 0.1) is 13.8 Å². The quantitative estimate of drug-likeness (QED) is 0.746. The van der Waals surface area contributed by atoms with Gasteiger partial charge in [0.15, 0.2) is 6.10 Å². The predicted molar refractivity (Wildman–Crippen MR) is 105 cm³/mol. The van der Waals surface area contributed by atoms with Crippen LogP contribution in [-0.2, 0) is 22.7 Å². The molecule has 2 unspecified atom stereocenters. The van der Waals surface area contributed by atoms with Crippen molar-refractivity contribution >= 4 is 17.2 Å². The molecule has 1 aromatic carbocycles. The predicted octanol–water partition coefficient (Wildman–Crippen LogP) is 2.90. The molecule has 2 aromatic rings. The number of aliphatic hydroxyl groups excluding tert-OH is 1. The fraction of sp³-hybridized carbons (Fsp3) is 0.364. The number of anilines is 1. The number of aliphatic hydroxyl groups is 1. The monoisotopic (exact) mass is 378 g/mol. The normalized spacial score (nSPS) is 22.1. The van der Waals surface area contributed by atoms with E-state index in [4.69, 9.17) is 4.74 Å². The zero-order chi connectivity index (χ0) is 19.7. The van der Waals surface area contributed by atoms with Crippen molar-refractivity contribution in [1.29, 1.82) is 0 Å². The Balaban J connectivity index is 1.73. The second kappa shape index (κ2) is 5.82. The number of aromatic nitrogens is 1. The van der Waals surface area contributed by atoms with Crippen LogP contribution in [-0.4, -0.2) is 15.6 Å².